The molecule has 0 unspecified atom stereocenters. The van der Waals surface area contributed by atoms with Crippen LogP contribution in [0.3, 0.4) is 0 Å². The minimum atomic E-state index is 0. The van der Waals surface area contributed by atoms with Gasteiger partial charge in [-0.1, -0.05) is 11.2 Å². The van der Waals surface area contributed by atoms with Crippen molar-refractivity contribution in [3.05, 3.63) is 35.5 Å². The number of aromatic nitrogens is 2. The molecule has 1 aromatic carbocycles. The van der Waals surface area contributed by atoms with Crippen LogP contribution in [0.4, 0.5) is 0 Å². The average Bonchev–Trinajstić information content (AvgIpc) is 2.86. The second kappa shape index (κ2) is 6.96. The molecule has 2 rings (SSSR count). The van der Waals surface area contributed by atoms with Crippen molar-refractivity contribution in [2.45, 2.75) is 13.0 Å². The van der Waals surface area contributed by atoms with Crippen molar-refractivity contribution in [2.24, 2.45) is 5.73 Å². The van der Waals surface area contributed by atoms with Gasteiger partial charge in [-0.15, -0.1) is 12.4 Å². The molecule has 0 radical (unpaired) electrons. The number of hydrogen-bond donors (Lipinski definition) is 1. The standard InChI is InChI=1S/C12H15N3O3.ClH/c1-16-9-4-3-8(5-10(9)17-2)6-11-14-12(7-13)18-15-11;/h3-5H,6-7,13H2,1-2H3;1H. The second-order valence-electron chi connectivity index (χ2n) is 3.67. The number of benzene rings is 1. The molecule has 0 spiro atoms. The van der Waals surface area contributed by atoms with Crippen LogP contribution in [0.2, 0.25) is 0 Å². The number of rotatable bonds is 5. The molecule has 0 bridgehead atoms. The van der Waals surface area contributed by atoms with Gasteiger partial charge in [-0.2, -0.15) is 4.98 Å². The molecule has 0 fully saturated rings. The molecule has 0 amide bonds. The number of nitrogens with zero attached hydrogens (tertiary/aromatic N) is 2. The smallest absolute Gasteiger partial charge is 0.240 e. The number of halogens is 1. The third kappa shape index (κ3) is 3.59. The Labute approximate surface area is 117 Å². The maximum absolute atomic E-state index is 5.41. The lowest BCUT2D eigenvalue weighted by molar-refractivity contribution is 0.354. The van der Waals surface area contributed by atoms with Gasteiger partial charge in [0, 0.05) is 6.42 Å². The molecule has 7 heteroatoms. The molecule has 19 heavy (non-hydrogen) atoms. The Morgan fingerprint density at radius 3 is 2.53 bits per heavy atom. The van der Waals surface area contributed by atoms with E-state index in [9.17, 15) is 0 Å². The van der Waals surface area contributed by atoms with Crippen LogP contribution >= 0.6 is 12.4 Å². The van der Waals surface area contributed by atoms with Gasteiger partial charge in [0.1, 0.15) is 0 Å². The molecule has 0 aliphatic rings. The summed E-state index contributed by atoms with van der Waals surface area (Å²) in [5, 5.41) is 3.84. The van der Waals surface area contributed by atoms with E-state index >= 15 is 0 Å². The molecule has 0 saturated heterocycles. The number of methoxy groups -OCH3 is 2. The molecule has 0 saturated carbocycles. The Kier molecular flexibility index (Phi) is 5.59. The lowest BCUT2D eigenvalue weighted by Crippen LogP contribution is -1.97. The zero-order valence-corrected chi connectivity index (χ0v) is 11.6. The first kappa shape index (κ1) is 15.3. The van der Waals surface area contributed by atoms with Crippen LogP contribution in [0, 0.1) is 0 Å². The van der Waals surface area contributed by atoms with Gasteiger partial charge in [-0.3, -0.25) is 0 Å². The van der Waals surface area contributed by atoms with Crippen molar-refractivity contribution in [1.82, 2.24) is 10.1 Å². The highest BCUT2D eigenvalue weighted by Gasteiger charge is 2.09. The lowest BCUT2D eigenvalue weighted by Gasteiger charge is -2.08. The van der Waals surface area contributed by atoms with E-state index in [1.165, 1.54) is 0 Å². The van der Waals surface area contributed by atoms with Gasteiger partial charge in [-0.05, 0) is 17.7 Å². The van der Waals surface area contributed by atoms with E-state index in [2.05, 4.69) is 10.1 Å². The highest BCUT2D eigenvalue weighted by molar-refractivity contribution is 5.85. The van der Waals surface area contributed by atoms with Crippen LogP contribution in [0.1, 0.15) is 17.3 Å². The quantitative estimate of drug-likeness (QED) is 0.897. The van der Waals surface area contributed by atoms with Crippen LogP contribution in [0.15, 0.2) is 22.7 Å². The largest absolute Gasteiger partial charge is 0.493 e. The lowest BCUT2D eigenvalue weighted by atomic mass is 10.1. The number of hydrogen-bond acceptors (Lipinski definition) is 6. The van der Waals surface area contributed by atoms with Crippen LogP contribution in [0.5, 0.6) is 11.5 Å². The SMILES string of the molecule is COc1ccc(Cc2noc(CN)n2)cc1OC.Cl. The van der Waals surface area contributed by atoms with Crippen molar-refractivity contribution in [3.8, 4) is 11.5 Å². The Bertz CT molecular complexity index is 531. The van der Waals surface area contributed by atoms with Crippen molar-refractivity contribution in [2.75, 3.05) is 14.2 Å². The van der Waals surface area contributed by atoms with Crippen molar-refractivity contribution < 1.29 is 14.0 Å². The molecule has 1 heterocycles. The maximum Gasteiger partial charge on any atom is 0.240 e. The molecule has 0 aliphatic carbocycles. The second-order valence-corrected chi connectivity index (χ2v) is 3.67. The Balaban J connectivity index is 0.00000180. The normalized spacial score (nSPS) is 9.84. The molecular weight excluding hydrogens is 270 g/mol. The predicted molar refractivity (Wildman–Crippen MR) is 71.8 cm³/mol. The first-order valence-corrected chi connectivity index (χ1v) is 5.49. The molecule has 2 N–H and O–H groups in total. The molecule has 2 aromatic rings. The van der Waals surface area contributed by atoms with Gasteiger partial charge in [0.2, 0.25) is 5.89 Å². The van der Waals surface area contributed by atoms with E-state index in [4.69, 9.17) is 19.7 Å². The van der Waals surface area contributed by atoms with Crippen LogP contribution in [-0.4, -0.2) is 24.4 Å². The third-order valence-corrected chi connectivity index (χ3v) is 2.49. The summed E-state index contributed by atoms with van der Waals surface area (Å²) in [5.41, 5.74) is 6.42. The van der Waals surface area contributed by atoms with E-state index in [1.807, 2.05) is 18.2 Å². The summed E-state index contributed by atoms with van der Waals surface area (Å²) in [5.74, 6) is 2.41. The van der Waals surface area contributed by atoms with Crippen LogP contribution in [-0.2, 0) is 13.0 Å². The fraction of sp³-hybridized carbons (Fsp3) is 0.333. The summed E-state index contributed by atoms with van der Waals surface area (Å²) < 4.78 is 15.3. The first-order valence-electron chi connectivity index (χ1n) is 5.49. The van der Waals surface area contributed by atoms with Crippen molar-refractivity contribution in [3.63, 3.8) is 0 Å². The zero-order chi connectivity index (χ0) is 13.0. The minimum absolute atomic E-state index is 0. The zero-order valence-electron chi connectivity index (χ0n) is 10.8. The Morgan fingerprint density at radius 2 is 1.95 bits per heavy atom. The fourth-order valence-corrected chi connectivity index (χ4v) is 1.62. The van der Waals surface area contributed by atoms with Gasteiger partial charge in [0.25, 0.3) is 0 Å². The molecule has 104 valence electrons. The fourth-order valence-electron chi connectivity index (χ4n) is 1.62. The molecule has 0 atom stereocenters. The number of ether oxygens (including phenoxy) is 2. The minimum Gasteiger partial charge on any atom is -0.493 e. The van der Waals surface area contributed by atoms with Gasteiger partial charge in [0.15, 0.2) is 17.3 Å². The summed E-state index contributed by atoms with van der Waals surface area (Å²) in [7, 11) is 3.20. The molecular formula is C12H16ClN3O3. The topological polar surface area (TPSA) is 83.4 Å². The Hall–Kier alpha value is -1.79. The maximum atomic E-state index is 5.41. The third-order valence-electron chi connectivity index (χ3n) is 2.49. The summed E-state index contributed by atoms with van der Waals surface area (Å²) in [4.78, 5) is 4.15. The van der Waals surface area contributed by atoms with E-state index in [0.717, 1.165) is 5.56 Å². The average molecular weight is 286 g/mol. The van der Waals surface area contributed by atoms with Crippen LogP contribution in [0.25, 0.3) is 0 Å². The molecule has 1 aromatic heterocycles. The summed E-state index contributed by atoms with van der Waals surface area (Å²) in [6.07, 6.45) is 0.559. The van der Waals surface area contributed by atoms with E-state index < -0.39 is 0 Å². The van der Waals surface area contributed by atoms with Gasteiger partial charge in [-0.25, -0.2) is 0 Å². The highest BCUT2D eigenvalue weighted by atomic mass is 35.5. The monoisotopic (exact) mass is 285 g/mol. The van der Waals surface area contributed by atoms with Crippen molar-refractivity contribution in [1.29, 1.82) is 0 Å². The van der Waals surface area contributed by atoms with E-state index in [-0.39, 0.29) is 19.0 Å². The molecule has 0 aliphatic heterocycles. The predicted octanol–water partition coefficient (Wildman–Crippen LogP) is 1.56. The van der Waals surface area contributed by atoms with E-state index in [1.54, 1.807) is 14.2 Å². The van der Waals surface area contributed by atoms with Gasteiger partial charge in [0.05, 0.1) is 20.8 Å². The first-order chi connectivity index (χ1) is 8.76. The summed E-state index contributed by atoms with van der Waals surface area (Å²) in [6, 6.07) is 5.66. The Morgan fingerprint density at radius 1 is 1.21 bits per heavy atom. The van der Waals surface area contributed by atoms with Crippen molar-refractivity contribution >= 4 is 12.4 Å². The van der Waals surface area contributed by atoms with Gasteiger partial charge < -0.3 is 19.7 Å². The highest BCUT2D eigenvalue weighted by Crippen LogP contribution is 2.28. The van der Waals surface area contributed by atoms with E-state index in [0.29, 0.717) is 29.6 Å². The number of nitrogens with two attached hydrogens (primary N) is 1. The molecule has 6 nitrogen and oxygen atoms in total. The summed E-state index contributed by atoms with van der Waals surface area (Å²) >= 11 is 0. The van der Waals surface area contributed by atoms with Gasteiger partial charge >= 0.3 is 0 Å². The van der Waals surface area contributed by atoms with Crippen LogP contribution < -0.4 is 15.2 Å². The summed E-state index contributed by atoms with van der Waals surface area (Å²) in [6.45, 7) is 0.249.